The Kier molecular flexibility index (Phi) is 8.55. The topological polar surface area (TPSA) is 111 Å². The van der Waals surface area contributed by atoms with Gasteiger partial charge in [0.05, 0.1) is 29.1 Å². The van der Waals surface area contributed by atoms with Crippen molar-refractivity contribution >= 4 is 17.6 Å². The number of carbonyl (C=O) groups is 2. The van der Waals surface area contributed by atoms with Gasteiger partial charge in [-0.1, -0.05) is 30.3 Å². The van der Waals surface area contributed by atoms with Crippen LogP contribution in [0.1, 0.15) is 30.9 Å². The molecule has 0 spiro atoms. The van der Waals surface area contributed by atoms with E-state index in [4.69, 9.17) is 9.47 Å². The maximum atomic E-state index is 15.0. The van der Waals surface area contributed by atoms with Gasteiger partial charge < -0.3 is 14.8 Å². The standard InChI is InChI=1S/C26H28FN3O6/c1-16-22(25(31)35-4)24(20-14-19(30(33)34)10-11-21(20)27)23(17(2)28-16)26(32)36-13-12-29(3)15-18-8-6-5-7-9-18/h5-11,14,24,28H,12-13,15H2,1-4H3. The smallest absolute Gasteiger partial charge is 0.336 e. The summed E-state index contributed by atoms with van der Waals surface area (Å²) in [5.74, 6) is -3.62. The summed E-state index contributed by atoms with van der Waals surface area (Å²) in [7, 11) is 3.05. The number of rotatable bonds is 9. The van der Waals surface area contributed by atoms with Gasteiger partial charge >= 0.3 is 11.9 Å². The van der Waals surface area contributed by atoms with E-state index in [1.165, 1.54) is 0 Å². The van der Waals surface area contributed by atoms with Gasteiger partial charge in [-0.2, -0.15) is 0 Å². The minimum atomic E-state index is -1.26. The summed E-state index contributed by atoms with van der Waals surface area (Å²) in [5.41, 5.74) is 1.17. The first-order valence-electron chi connectivity index (χ1n) is 11.2. The third kappa shape index (κ3) is 5.95. The van der Waals surface area contributed by atoms with E-state index < -0.39 is 28.6 Å². The van der Waals surface area contributed by atoms with E-state index >= 15 is 4.39 Å². The highest BCUT2D eigenvalue weighted by atomic mass is 19.1. The van der Waals surface area contributed by atoms with Crippen LogP contribution in [0.4, 0.5) is 10.1 Å². The Hall–Kier alpha value is -4.05. The van der Waals surface area contributed by atoms with Crippen molar-refractivity contribution in [2.75, 3.05) is 27.3 Å². The zero-order valence-corrected chi connectivity index (χ0v) is 20.5. The van der Waals surface area contributed by atoms with Crippen LogP contribution in [-0.2, 0) is 25.6 Å². The van der Waals surface area contributed by atoms with Crippen molar-refractivity contribution in [2.45, 2.75) is 26.3 Å². The minimum Gasteiger partial charge on any atom is -0.466 e. The molecule has 190 valence electrons. The summed E-state index contributed by atoms with van der Waals surface area (Å²) >= 11 is 0. The average molecular weight is 498 g/mol. The molecule has 0 radical (unpaired) electrons. The zero-order chi connectivity index (χ0) is 26.4. The number of esters is 2. The molecule has 0 fully saturated rings. The molecule has 2 aromatic rings. The number of halogens is 1. The third-order valence-corrected chi connectivity index (χ3v) is 5.89. The first kappa shape index (κ1) is 26.6. The van der Waals surface area contributed by atoms with Crippen LogP contribution in [-0.4, -0.2) is 49.1 Å². The molecule has 1 aliphatic rings. The number of benzene rings is 2. The number of methoxy groups -OCH3 is 1. The van der Waals surface area contributed by atoms with E-state index in [0.29, 0.717) is 24.5 Å². The lowest BCUT2D eigenvalue weighted by atomic mass is 9.80. The van der Waals surface area contributed by atoms with Gasteiger partial charge in [0.15, 0.2) is 0 Å². The van der Waals surface area contributed by atoms with E-state index in [0.717, 1.165) is 30.9 Å². The number of allylic oxidation sites excluding steroid dienone is 2. The van der Waals surface area contributed by atoms with E-state index in [1.807, 2.05) is 42.3 Å². The molecular weight excluding hydrogens is 469 g/mol. The Morgan fingerprint density at radius 2 is 1.72 bits per heavy atom. The predicted molar refractivity (Wildman–Crippen MR) is 130 cm³/mol. The summed E-state index contributed by atoms with van der Waals surface area (Å²) in [5, 5.41) is 14.3. The SMILES string of the molecule is COC(=O)C1=C(C)NC(C)=C(C(=O)OCCN(C)Cc2ccccc2)C1c1cc([N+](=O)[O-])ccc1F. The Bertz CT molecular complexity index is 1230. The molecule has 2 aromatic carbocycles. The van der Waals surface area contributed by atoms with Crippen molar-refractivity contribution in [3.63, 3.8) is 0 Å². The van der Waals surface area contributed by atoms with Crippen LogP contribution >= 0.6 is 0 Å². The van der Waals surface area contributed by atoms with Gasteiger partial charge in [-0.15, -0.1) is 0 Å². The summed E-state index contributed by atoms with van der Waals surface area (Å²) in [6.07, 6.45) is 0. The zero-order valence-electron chi connectivity index (χ0n) is 20.5. The average Bonchev–Trinajstić information content (AvgIpc) is 2.83. The summed E-state index contributed by atoms with van der Waals surface area (Å²) in [4.78, 5) is 38.6. The van der Waals surface area contributed by atoms with Gasteiger partial charge in [0.25, 0.3) is 5.69 Å². The number of nitro benzene ring substituents is 1. The van der Waals surface area contributed by atoms with Crippen molar-refractivity contribution in [3.8, 4) is 0 Å². The van der Waals surface area contributed by atoms with Crippen molar-refractivity contribution in [1.82, 2.24) is 10.2 Å². The first-order valence-corrected chi connectivity index (χ1v) is 11.2. The van der Waals surface area contributed by atoms with Crippen LogP contribution in [0.2, 0.25) is 0 Å². The second-order valence-electron chi connectivity index (χ2n) is 8.45. The van der Waals surface area contributed by atoms with E-state index in [9.17, 15) is 19.7 Å². The van der Waals surface area contributed by atoms with Crippen LogP contribution in [0.25, 0.3) is 0 Å². The van der Waals surface area contributed by atoms with Gasteiger partial charge in [-0.25, -0.2) is 14.0 Å². The molecule has 1 unspecified atom stereocenters. The molecule has 1 aliphatic heterocycles. The van der Waals surface area contributed by atoms with E-state index in [1.54, 1.807) is 13.8 Å². The van der Waals surface area contributed by atoms with Crippen LogP contribution in [0, 0.1) is 15.9 Å². The van der Waals surface area contributed by atoms with Gasteiger partial charge in [0, 0.05) is 42.2 Å². The molecule has 10 heteroatoms. The molecule has 1 heterocycles. The quantitative estimate of drug-likeness (QED) is 0.316. The molecule has 9 nitrogen and oxygen atoms in total. The lowest BCUT2D eigenvalue weighted by Crippen LogP contribution is -2.33. The monoisotopic (exact) mass is 497 g/mol. The Morgan fingerprint density at radius 3 is 2.33 bits per heavy atom. The van der Waals surface area contributed by atoms with E-state index in [-0.39, 0.29) is 29.0 Å². The largest absolute Gasteiger partial charge is 0.466 e. The van der Waals surface area contributed by atoms with Crippen molar-refractivity contribution < 1.29 is 28.4 Å². The van der Waals surface area contributed by atoms with Crippen LogP contribution < -0.4 is 5.32 Å². The number of nitrogens with one attached hydrogen (secondary N) is 1. The van der Waals surface area contributed by atoms with Crippen molar-refractivity contribution in [2.24, 2.45) is 0 Å². The van der Waals surface area contributed by atoms with Crippen LogP contribution in [0.3, 0.4) is 0 Å². The first-order chi connectivity index (χ1) is 17.1. The lowest BCUT2D eigenvalue weighted by molar-refractivity contribution is -0.385. The number of hydrogen-bond acceptors (Lipinski definition) is 8. The highest BCUT2D eigenvalue weighted by Gasteiger charge is 2.39. The summed E-state index contributed by atoms with van der Waals surface area (Å²) < 4.78 is 25.4. The highest BCUT2D eigenvalue weighted by Crippen LogP contribution is 2.41. The number of non-ortho nitro benzene ring substituents is 1. The lowest BCUT2D eigenvalue weighted by Gasteiger charge is -2.30. The number of nitrogens with zero attached hydrogens (tertiary/aromatic N) is 2. The molecule has 0 bridgehead atoms. The Morgan fingerprint density at radius 1 is 1.08 bits per heavy atom. The van der Waals surface area contributed by atoms with Crippen LogP contribution in [0.15, 0.2) is 71.1 Å². The van der Waals surface area contributed by atoms with Gasteiger partial charge in [-0.05, 0) is 32.5 Å². The van der Waals surface area contributed by atoms with E-state index in [2.05, 4.69) is 5.32 Å². The molecule has 0 aromatic heterocycles. The number of nitro groups is 1. The number of ether oxygens (including phenoxy) is 2. The maximum Gasteiger partial charge on any atom is 0.336 e. The maximum absolute atomic E-state index is 15.0. The number of likely N-dealkylation sites (N-methyl/N-ethyl adjacent to an activating group) is 1. The van der Waals surface area contributed by atoms with Gasteiger partial charge in [0.2, 0.25) is 0 Å². The fourth-order valence-corrected chi connectivity index (χ4v) is 4.17. The molecule has 1 N–H and O–H groups in total. The second kappa shape index (κ2) is 11.6. The number of carbonyl (C=O) groups excluding carboxylic acids is 2. The van der Waals surface area contributed by atoms with Crippen molar-refractivity contribution in [1.29, 1.82) is 0 Å². The third-order valence-electron chi connectivity index (χ3n) is 5.89. The fourth-order valence-electron chi connectivity index (χ4n) is 4.17. The minimum absolute atomic E-state index is 0.0221. The summed E-state index contributed by atoms with van der Waals surface area (Å²) in [6.45, 7) is 4.29. The molecule has 0 saturated carbocycles. The number of hydrogen-bond donors (Lipinski definition) is 1. The fraction of sp³-hybridized carbons (Fsp3) is 0.308. The molecule has 3 rings (SSSR count). The van der Waals surface area contributed by atoms with Gasteiger partial charge in [-0.3, -0.25) is 15.0 Å². The normalized spacial score (nSPS) is 15.6. The molecule has 0 saturated heterocycles. The molecular formula is C26H28FN3O6. The Balaban J connectivity index is 1.89. The van der Waals surface area contributed by atoms with Crippen molar-refractivity contribution in [3.05, 3.63) is 98.1 Å². The second-order valence-corrected chi connectivity index (χ2v) is 8.45. The molecule has 0 aliphatic carbocycles. The Labute approximate surface area is 208 Å². The predicted octanol–water partition coefficient (Wildman–Crippen LogP) is 3.82. The van der Waals surface area contributed by atoms with Crippen LogP contribution in [0.5, 0.6) is 0 Å². The molecule has 1 atom stereocenters. The highest BCUT2D eigenvalue weighted by molar-refractivity contribution is 5.99. The van der Waals surface area contributed by atoms with Gasteiger partial charge in [0.1, 0.15) is 12.4 Å². The summed E-state index contributed by atoms with van der Waals surface area (Å²) in [6, 6.07) is 12.8. The number of dihydropyridines is 1. The molecule has 36 heavy (non-hydrogen) atoms. The molecule has 0 amide bonds.